The molecule has 1 aliphatic carbocycles. The third kappa shape index (κ3) is 1.10. The van der Waals surface area contributed by atoms with Crippen LogP contribution in [0.2, 0.25) is 0 Å². The van der Waals surface area contributed by atoms with E-state index in [0.717, 1.165) is 0 Å². The van der Waals surface area contributed by atoms with Crippen LogP contribution < -0.4 is 0 Å². The molecule has 1 aromatic rings. The minimum absolute atomic E-state index is 0.129. The van der Waals surface area contributed by atoms with Crippen LogP contribution in [0.15, 0.2) is 12.4 Å². The second-order valence-corrected chi connectivity index (χ2v) is 4.32. The van der Waals surface area contributed by atoms with Crippen molar-refractivity contribution in [3.05, 3.63) is 23.8 Å². The molecule has 4 nitrogen and oxygen atoms in total. The summed E-state index contributed by atoms with van der Waals surface area (Å²) in [5.41, 5.74) is -0.151. The number of aromatic nitrogens is 2. The normalized spacial score (nSPS) is 28.1. The standard InChI is InChI=1S/C10H11N3O/c1-9(2)6-10(9,14)8-5-12-7(3-11)4-13-8/h4-5,14H,6H2,1-2H3. The highest BCUT2D eigenvalue weighted by Crippen LogP contribution is 2.61. The lowest BCUT2D eigenvalue weighted by molar-refractivity contribution is 0.103. The maximum Gasteiger partial charge on any atom is 0.158 e. The summed E-state index contributed by atoms with van der Waals surface area (Å²) in [7, 11) is 0. The van der Waals surface area contributed by atoms with Crippen LogP contribution in [-0.2, 0) is 5.60 Å². The third-order valence-electron chi connectivity index (χ3n) is 2.88. The Morgan fingerprint density at radius 2 is 2.07 bits per heavy atom. The first-order chi connectivity index (χ1) is 6.49. The zero-order valence-corrected chi connectivity index (χ0v) is 8.15. The fourth-order valence-electron chi connectivity index (χ4n) is 1.63. The Kier molecular flexibility index (Phi) is 1.64. The molecule has 0 spiro atoms. The van der Waals surface area contributed by atoms with Crippen LogP contribution >= 0.6 is 0 Å². The molecule has 14 heavy (non-hydrogen) atoms. The van der Waals surface area contributed by atoms with Crippen molar-refractivity contribution in [1.29, 1.82) is 5.26 Å². The number of hydrogen-bond acceptors (Lipinski definition) is 4. The average molecular weight is 189 g/mol. The minimum atomic E-state index is -0.853. The quantitative estimate of drug-likeness (QED) is 0.714. The van der Waals surface area contributed by atoms with Crippen molar-refractivity contribution in [2.45, 2.75) is 25.9 Å². The molecule has 1 N–H and O–H groups in total. The topological polar surface area (TPSA) is 69.8 Å². The molecule has 0 aromatic carbocycles. The number of nitriles is 1. The van der Waals surface area contributed by atoms with Gasteiger partial charge in [-0.1, -0.05) is 13.8 Å². The Morgan fingerprint density at radius 3 is 2.43 bits per heavy atom. The molecule has 1 saturated carbocycles. The summed E-state index contributed by atoms with van der Waals surface area (Å²) in [5, 5.41) is 18.6. The highest BCUT2D eigenvalue weighted by Gasteiger charge is 2.62. The molecule has 1 aromatic heterocycles. The van der Waals surface area contributed by atoms with Gasteiger partial charge in [-0.25, -0.2) is 4.98 Å². The summed E-state index contributed by atoms with van der Waals surface area (Å²) >= 11 is 0. The van der Waals surface area contributed by atoms with Crippen LogP contribution in [-0.4, -0.2) is 15.1 Å². The zero-order chi connectivity index (χ0) is 10.4. The van der Waals surface area contributed by atoms with Crippen molar-refractivity contribution in [2.24, 2.45) is 5.41 Å². The molecule has 1 unspecified atom stereocenters. The molecule has 0 saturated heterocycles. The Morgan fingerprint density at radius 1 is 1.43 bits per heavy atom. The molecule has 1 aliphatic rings. The van der Waals surface area contributed by atoms with Gasteiger partial charge >= 0.3 is 0 Å². The lowest BCUT2D eigenvalue weighted by atomic mass is 10.1. The van der Waals surface area contributed by atoms with Crippen molar-refractivity contribution < 1.29 is 5.11 Å². The Bertz CT molecular complexity index is 404. The van der Waals surface area contributed by atoms with E-state index in [1.54, 1.807) is 0 Å². The predicted molar refractivity (Wildman–Crippen MR) is 49.0 cm³/mol. The highest BCUT2D eigenvalue weighted by molar-refractivity contribution is 5.27. The van der Waals surface area contributed by atoms with Crippen LogP contribution in [0.25, 0.3) is 0 Å². The highest BCUT2D eigenvalue weighted by atomic mass is 16.3. The second kappa shape index (κ2) is 2.52. The first-order valence-corrected chi connectivity index (χ1v) is 4.45. The molecule has 1 atom stereocenters. The molecule has 1 fully saturated rings. The summed E-state index contributed by atoms with van der Waals surface area (Å²) < 4.78 is 0. The van der Waals surface area contributed by atoms with E-state index in [1.165, 1.54) is 12.4 Å². The fraction of sp³-hybridized carbons (Fsp3) is 0.500. The average Bonchev–Trinajstić information content (AvgIpc) is 2.68. The van der Waals surface area contributed by atoms with Gasteiger partial charge in [-0.2, -0.15) is 5.26 Å². The van der Waals surface area contributed by atoms with Crippen molar-refractivity contribution >= 4 is 0 Å². The maximum atomic E-state index is 10.1. The first-order valence-electron chi connectivity index (χ1n) is 4.45. The number of nitrogens with zero attached hydrogens (tertiary/aromatic N) is 3. The van der Waals surface area contributed by atoms with Gasteiger partial charge in [-0.15, -0.1) is 0 Å². The predicted octanol–water partition coefficient (Wildman–Crippen LogP) is 0.966. The Balaban J connectivity index is 2.33. The molecular formula is C10H11N3O. The van der Waals surface area contributed by atoms with Crippen LogP contribution in [0.1, 0.15) is 31.7 Å². The van der Waals surface area contributed by atoms with Crippen LogP contribution in [0.3, 0.4) is 0 Å². The van der Waals surface area contributed by atoms with Crippen LogP contribution in [0.4, 0.5) is 0 Å². The lowest BCUT2D eigenvalue weighted by Crippen LogP contribution is -2.15. The van der Waals surface area contributed by atoms with Gasteiger partial charge in [-0.3, -0.25) is 4.98 Å². The second-order valence-electron chi connectivity index (χ2n) is 4.32. The maximum absolute atomic E-state index is 10.1. The molecule has 2 rings (SSSR count). The zero-order valence-electron chi connectivity index (χ0n) is 8.15. The van der Waals surface area contributed by atoms with E-state index in [9.17, 15) is 5.11 Å². The monoisotopic (exact) mass is 189 g/mol. The molecule has 72 valence electrons. The van der Waals surface area contributed by atoms with Crippen molar-refractivity contribution in [1.82, 2.24) is 9.97 Å². The molecule has 0 radical (unpaired) electrons. The molecular weight excluding hydrogens is 178 g/mol. The summed E-state index contributed by atoms with van der Waals surface area (Å²) in [5.74, 6) is 0. The van der Waals surface area contributed by atoms with Gasteiger partial charge in [0.1, 0.15) is 11.7 Å². The van der Waals surface area contributed by atoms with Gasteiger partial charge in [0.25, 0.3) is 0 Å². The molecule has 0 aliphatic heterocycles. The van der Waals surface area contributed by atoms with Gasteiger partial charge in [-0.05, 0) is 6.42 Å². The molecule has 1 heterocycles. The van der Waals surface area contributed by atoms with Gasteiger partial charge < -0.3 is 5.11 Å². The van der Waals surface area contributed by atoms with Crippen molar-refractivity contribution in [2.75, 3.05) is 0 Å². The van der Waals surface area contributed by atoms with Gasteiger partial charge in [0.2, 0.25) is 0 Å². The first kappa shape index (κ1) is 9.10. The number of rotatable bonds is 1. The van der Waals surface area contributed by atoms with E-state index in [4.69, 9.17) is 5.26 Å². The summed E-state index contributed by atoms with van der Waals surface area (Å²) in [6.45, 7) is 3.96. The van der Waals surface area contributed by atoms with Crippen molar-refractivity contribution in [3.8, 4) is 6.07 Å². The summed E-state index contributed by atoms with van der Waals surface area (Å²) in [6.07, 6.45) is 3.57. The summed E-state index contributed by atoms with van der Waals surface area (Å²) in [4.78, 5) is 7.93. The van der Waals surface area contributed by atoms with Gasteiger partial charge in [0, 0.05) is 5.41 Å². The van der Waals surface area contributed by atoms with E-state index >= 15 is 0 Å². The van der Waals surface area contributed by atoms with Gasteiger partial charge in [0.15, 0.2) is 5.69 Å². The molecule has 0 amide bonds. The minimum Gasteiger partial charge on any atom is -0.383 e. The van der Waals surface area contributed by atoms with E-state index in [0.29, 0.717) is 12.1 Å². The third-order valence-corrected chi connectivity index (χ3v) is 2.88. The van der Waals surface area contributed by atoms with Crippen LogP contribution in [0.5, 0.6) is 0 Å². The van der Waals surface area contributed by atoms with Crippen molar-refractivity contribution in [3.63, 3.8) is 0 Å². The Labute approximate surface area is 82.2 Å². The fourth-order valence-corrected chi connectivity index (χ4v) is 1.63. The largest absolute Gasteiger partial charge is 0.383 e. The van der Waals surface area contributed by atoms with E-state index in [-0.39, 0.29) is 11.1 Å². The molecule has 0 bridgehead atoms. The van der Waals surface area contributed by atoms with E-state index in [1.807, 2.05) is 19.9 Å². The SMILES string of the molecule is CC1(C)CC1(O)c1cnc(C#N)cn1. The molecule has 4 heteroatoms. The van der Waals surface area contributed by atoms with E-state index < -0.39 is 5.60 Å². The van der Waals surface area contributed by atoms with Crippen LogP contribution in [0, 0.1) is 16.7 Å². The van der Waals surface area contributed by atoms with E-state index in [2.05, 4.69) is 9.97 Å². The van der Waals surface area contributed by atoms with Gasteiger partial charge in [0.05, 0.1) is 18.1 Å². The Hall–Kier alpha value is -1.47. The number of aliphatic hydroxyl groups is 1. The summed E-state index contributed by atoms with van der Waals surface area (Å²) in [6, 6.07) is 1.89. The smallest absolute Gasteiger partial charge is 0.158 e. The number of hydrogen-bond donors (Lipinski definition) is 1. The lowest BCUT2D eigenvalue weighted by Gasteiger charge is -2.11.